The fourth-order valence-electron chi connectivity index (χ4n) is 2.45. The number of anilines is 1. The van der Waals surface area contributed by atoms with Crippen molar-refractivity contribution >= 4 is 23.1 Å². The second kappa shape index (κ2) is 7.08. The third kappa shape index (κ3) is 3.61. The van der Waals surface area contributed by atoms with E-state index in [9.17, 15) is 9.18 Å². The van der Waals surface area contributed by atoms with Gasteiger partial charge in [0.1, 0.15) is 11.6 Å². The van der Waals surface area contributed by atoms with E-state index in [2.05, 4.69) is 20.4 Å². The molecular formula is C19H14FN5OS. The first-order valence-electron chi connectivity index (χ1n) is 8.11. The molecule has 3 aromatic heterocycles. The number of amides is 1. The highest BCUT2D eigenvalue weighted by Crippen LogP contribution is 2.25. The smallest absolute Gasteiger partial charge is 0.296 e. The van der Waals surface area contributed by atoms with Crippen molar-refractivity contribution in [2.45, 2.75) is 6.92 Å². The second-order valence-corrected chi connectivity index (χ2v) is 6.75. The van der Waals surface area contributed by atoms with Gasteiger partial charge in [0.25, 0.3) is 5.91 Å². The largest absolute Gasteiger partial charge is 0.304 e. The van der Waals surface area contributed by atoms with E-state index in [4.69, 9.17) is 0 Å². The van der Waals surface area contributed by atoms with Gasteiger partial charge in [0.05, 0.1) is 10.6 Å². The lowest BCUT2D eigenvalue weighted by atomic mass is 10.3. The minimum atomic E-state index is -0.468. The Kier molecular flexibility index (Phi) is 4.47. The Morgan fingerprint density at radius 3 is 2.63 bits per heavy atom. The van der Waals surface area contributed by atoms with E-state index in [1.54, 1.807) is 24.4 Å². The summed E-state index contributed by atoms with van der Waals surface area (Å²) < 4.78 is 14.8. The van der Waals surface area contributed by atoms with Crippen LogP contribution in [0.2, 0.25) is 0 Å². The predicted molar refractivity (Wildman–Crippen MR) is 102 cm³/mol. The summed E-state index contributed by atoms with van der Waals surface area (Å²) in [6.45, 7) is 1.91. The normalized spacial score (nSPS) is 10.7. The lowest BCUT2D eigenvalue weighted by Crippen LogP contribution is -2.15. The van der Waals surface area contributed by atoms with Crippen LogP contribution in [-0.2, 0) is 0 Å². The van der Waals surface area contributed by atoms with Gasteiger partial charge in [-0.3, -0.25) is 4.79 Å². The molecule has 0 atom stereocenters. The Morgan fingerprint density at radius 2 is 1.96 bits per heavy atom. The Labute approximate surface area is 158 Å². The number of aryl methyl sites for hydroxylation is 1. The highest BCUT2D eigenvalue weighted by atomic mass is 32.1. The van der Waals surface area contributed by atoms with Gasteiger partial charge >= 0.3 is 0 Å². The second-order valence-electron chi connectivity index (χ2n) is 5.80. The first kappa shape index (κ1) is 17.0. The summed E-state index contributed by atoms with van der Waals surface area (Å²) in [5, 5.41) is 8.93. The average Bonchev–Trinajstić information content (AvgIpc) is 3.33. The number of aromatic nitrogens is 4. The highest BCUT2D eigenvalue weighted by Gasteiger charge is 2.19. The number of benzene rings is 1. The van der Waals surface area contributed by atoms with Crippen LogP contribution >= 0.6 is 11.3 Å². The lowest BCUT2D eigenvalue weighted by molar-refractivity contribution is 0.101. The van der Waals surface area contributed by atoms with Crippen molar-refractivity contribution in [3.8, 4) is 16.4 Å². The van der Waals surface area contributed by atoms with Crippen molar-refractivity contribution in [1.82, 2.24) is 19.7 Å². The first-order chi connectivity index (χ1) is 13.1. The molecule has 134 valence electrons. The Hall–Kier alpha value is -3.39. The lowest BCUT2D eigenvalue weighted by Gasteiger charge is -2.04. The van der Waals surface area contributed by atoms with Crippen LogP contribution in [0.1, 0.15) is 16.2 Å². The van der Waals surface area contributed by atoms with Gasteiger partial charge in [-0.2, -0.15) is 0 Å². The Balaban J connectivity index is 1.71. The fourth-order valence-corrected chi connectivity index (χ4v) is 3.15. The average molecular weight is 379 g/mol. The number of thiophene rings is 1. The van der Waals surface area contributed by atoms with Crippen LogP contribution in [0.4, 0.5) is 10.2 Å². The first-order valence-corrected chi connectivity index (χ1v) is 8.99. The molecule has 0 unspecified atom stereocenters. The van der Waals surface area contributed by atoms with Crippen molar-refractivity contribution in [3.05, 3.63) is 77.3 Å². The van der Waals surface area contributed by atoms with Gasteiger partial charge in [-0.25, -0.2) is 19.0 Å². The summed E-state index contributed by atoms with van der Waals surface area (Å²) in [7, 11) is 0. The van der Waals surface area contributed by atoms with Gasteiger partial charge in [-0.1, -0.05) is 12.1 Å². The number of rotatable bonds is 4. The molecule has 0 bridgehead atoms. The molecule has 3 heterocycles. The van der Waals surface area contributed by atoms with Crippen LogP contribution in [0.15, 0.2) is 60.1 Å². The molecule has 0 fully saturated rings. The number of pyridine rings is 1. The number of hydrogen-bond donors (Lipinski definition) is 1. The maximum absolute atomic E-state index is 13.3. The quantitative estimate of drug-likeness (QED) is 0.580. The van der Waals surface area contributed by atoms with Crippen molar-refractivity contribution in [1.29, 1.82) is 0 Å². The number of halogens is 1. The van der Waals surface area contributed by atoms with E-state index < -0.39 is 5.91 Å². The topological polar surface area (TPSA) is 72.7 Å². The molecule has 4 rings (SSSR count). The van der Waals surface area contributed by atoms with Crippen LogP contribution in [0.3, 0.4) is 0 Å². The molecule has 0 spiro atoms. The van der Waals surface area contributed by atoms with Gasteiger partial charge in [0, 0.05) is 6.20 Å². The van der Waals surface area contributed by atoms with Crippen molar-refractivity contribution in [3.63, 3.8) is 0 Å². The SMILES string of the molecule is Cc1ccc(NC(=O)c2nc(-c3cccs3)n(-c3ccc(F)cc3)n2)nc1. The molecule has 0 aliphatic rings. The minimum absolute atomic E-state index is 0.00472. The monoisotopic (exact) mass is 379 g/mol. The van der Waals surface area contributed by atoms with E-state index in [1.165, 1.54) is 28.2 Å². The van der Waals surface area contributed by atoms with Crippen LogP contribution < -0.4 is 5.32 Å². The summed E-state index contributed by atoms with van der Waals surface area (Å²) >= 11 is 1.48. The van der Waals surface area contributed by atoms with Crippen molar-refractivity contribution in [2.75, 3.05) is 5.32 Å². The third-order valence-corrected chi connectivity index (χ3v) is 4.64. The zero-order chi connectivity index (χ0) is 18.8. The van der Waals surface area contributed by atoms with E-state index in [0.717, 1.165) is 10.4 Å². The Bertz CT molecular complexity index is 1070. The number of hydrogen-bond acceptors (Lipinski definition) is 5. The number of carbonyl (C=O) groups is 1. The third-order valence-electron chi connectivity index (χ3n) is 3.78. The van der Waals surface area contributed by atoms with E-state index in [1.807, 2.05) is 30.5 Å². The van der Waals surface area contributed by atoms with Gasteiger partial charge in [0.15, 0.2) is 5.82 Å². The summed E-state index contributed by atoms with van der Waals surface area (Å²) in [5.74, 6) is 0.120. The molecule has 0 saturated heterocycles. The molecule has 1 N–H and O–H groups in total. The van der Waals surface area contributed by atoms with Crippen LogP contribution in [0.5, 0.6) is 0 Å². The fraction of sp³-hybridized carbons (Fsp3) is 0.0526. The summed E-state index contributed by atoms with van der Waals surface area (Å²) in [4.78, 5) is 22.0. The van der Waals surface area contributed by atoms with Gasteiger partial charge in [-0.15, -0.1) is 16.4 Å². The van der Waals surface area contributed by atoms with Crippen LogP contribution in [0, 0.1) is 12.7 Å². The molecule has 6 nitrogen and oxygen atoms in total. The van der Waals surface area contributed by atoms with Crippen molar-refractivity contribution < 1.29 is 9.18 Å². The number of carbonyl (C=O) groups excluding carboxylic acids is 1. The maximum Gasteiger partial charge on any atom is 0.296 e. The molecule has 0 aliphatic heterocycles. The number of nitrogens with zero attached hydrogens (tertiary/aromatic N) is 4. The molecular weight excluding hydrogens is 365 g/mol. The molecule has 27 heavy (non-hydrogen) atoms. The molecule has 0 radical (unpaired) electrons. The molecule has 1 amide bonds. The minimum Gasteiger partial charge on any atom is -0.304 e. The molecule has 0 saturated carbocycles. The summed E-state index contributed by atoms with van der Waals surface area (Å²) in [5.41, 5.74) is 1.60. The van der Waals surface area contributed by atoms with Gasteiger partial charge in [0.2, 0.25) is 5.82 Å². The molecule has 1 aromatic carbocycles. The van der Waals surface area contributed by atoms with E-state index in [0.29, 0.717) is 17.3 Å². The van der Waals surface area contributed by atoms with Gasteiger partial charge < -0.3 is 5.32 Å². The predicted octanol–water partition coefficient (Wildman–Crippen LogP) is 4.09. The zero-order valence-corrected chi connectivity index (χ0v) is 15.1. The van der Waals surface area contributed by atoms with Crippen LogP contribution in [-0.4, -0.2) is 25.7 Å². The zero-order valence-electron chi connectivity index (χ0n) is 14.3. The molecule has 4 aromatic rings. The maximum atomic E-state index is 13.3. The van der Waals surface area contributed by atoms with E-state index >= 15 is 0 Å². The summed E-state index contributed by atoms with van der Waals surface area (Å²) in [6.07, 6.45) is 1.66. The molecule has 0 aliphatic carbocycles. The summed E-state index contributed by atoms with van der Waals surface area (Å²) in [6, 6.07) is 13.2. The van der Waals surface area contributed by atoms with Crippen molar-refractivity contribution in [2.24, 2.45) is 0 Å². The molecule has 8 heteroatoms. The number of nitrogens with one attached hydrogen (secondary N) is 1. The standard InChI is InChI=1S/C19H14FN5OS/c1-12-4-9-16(21-11-12)22-19(26)17-23-18(15-3-2-10-27-15)25(24-17)14-7-5-13(20)6-8-14/h2-11H,1H3,(H,21,22,26). The Morgan fingerprint density at radius 1 is 1.15 bits per heavy atom. The van der Waals surface area contributed by atoms with E-state index in [-0.39, 0.29) is 11.6 Å². The highest BCUT2D eigenvalue weighted by molar-refractivity contribution is 7.13. The van der Waals surface area contributed by atoms with Crippen LogP contribution in [0.25, 0.3) is 16.4 Å². The van der Waals surface area contributed by atoms with Gasteiger partial charge in [-0.05, 0) is 54.3 Å².